The molecule has 0 atom stereocenters. The third-order valence-electron chi connectivity index (χ3n) is 4.50. The van der Waals surface area contributed by atoms with E-state index in [0.29, 0.717) is 24.6 Å². The monoisotopic (exact) mass is 307 g/mol. The maximum absolute atomic E-state index is 12.3. The van der Waals surface area contributed by atoms with Gasteiger partial charge in [0.2, 0.25) is 5.78 Å². The lowest BCUT2D eigenvalue weighted by atomic mass is 9.90. The van der Waals surface area contributed by atoms with E-state index in [2.05, 4.69) is 24.3 Å². The second-order valence-corrected chi connectivity index (χ2v) is 6.12. The maximum atomic E-state index is 12.3. The molecule has 118 valence electrons. The summed E-state index contributed by atoms with van der Waals surface area (Å²) >= 11 is 0. The molecular formula is C20H21NO2. The number of carbonyl (C=O) groups excluding carboxylic acids is 2. The first kappa shape index (κ1) is 15.5. The van der Waals surface area contributed by atoms with Gasteiger partial charge in [-0.15, -0.1) is 0 Å². The number of carbonyl (C=O) groups is 2. The Kier molecular flexibility index (Phi) is 4.86. The zero-order chi connectivity index (χ0) is 16.1. The van der Waals surface area contributed by atoms with E-state index >= 15 is 0 Å². The van der Waals surface area contributed by atoms with Crippen LogP contribution in [-0.4, -0.2) is 29.7 Å². The molecule has 0 unspecified atom stereocenters. The summed E-state index contributed by atoms with van der Waals surface area (Å²) in [7, 11) is 0. The first-order valence-corrected chi connectivity index (χ1v) is 8.16. The molecule has 3 heteroatoms. The van der Waals surface area contributed by atoms with Gasteiger partial charge in [0.1, 0.15) is 0 Å². The Bertz CT molecular complexity index is 659. The third kappa shape index (κ3) is 3.86. The number of nitrogens with zero attached hydrogens (tertiary/aromatic N) is 1. The van der Waals surface area contributed by atoms with Crippen LogP contribution in [0.25, 0.3) is 0 Å². The zero-order valence-corrected chi connectivity index (χ0v) is 13.2. The van der Waals surface area contributed by atoms with Gasteiger partial charge in [-0.05, 0) is 30.7 Å². The van der Waals surface area contributed by atoms with Crippen LogP contribution in [0.15, 0.2) is 60.7 Å². The molecule has 1 heterocycles. The molecule has 0 bridgehead atoms. The highest BCUT2D eigenvalue weighted by Crippen LogP contribution is 2.22. The topological polar surface area (TPSA) is 37.4 Å². The molecular weight excluding hydrogens is 286 g/mol. The summed E-state index contributed by atoms with van der Waals surface area (Å²) in [6.45, 7) is 1.35. The van der Waals surface area contributed by atoms with Crippen molar-refractivity contribution in [1.82, 2.24) is 4.90 Å². The summed E-state index contributed by atoms with van der Waals surface area (Å²) < 4.78 is 0. The van der Waals surface area contributed by atoms with Gasteiger partial charge in [0.05, 0.1) is 0 Å². The predicted molar refractivity (Wildman–Crippen MR) is 90.2 cm³/mol. The lowest BCUT2D eigenvalue weighted by Crippen LogP contribution is -2.42. The lowest BCUT2D eigenvalue weighted by Gasteiger charge is -2.31. The van der Waals surface area contributed by atoms with Gasteiger partial charge in [0.15, 0.2) is 0 Å². The molecule has 0 aromatic heterocycles. The van der Waals surface area contributed by atoms with Crippen molar-refractivity contribution in [2.45, 2.75) is 19.3 Å². The van der Waals surface area contributed by atoms with Crippen molar-refractivity contribution in [3.63, 3.8) is 0 Å². The highest BCUT2D eigenvalue weighted by molar-refractivity contribution is 6.42. The normalized spacial score (nSPS) is 15.4. The van der Waals surface area contributed by atoms with Gasteiger partial charge < -0.3 is 4.90 Å². The van der Waals surface area contributed by atoms with E-state index in [1.54, 1.807) is 29.2 Å². The molecule has 1 fully saturated rings. The molecule has 2 aromatic rings. The molecule has 3 nitrogen and oxygen atoms in total. The second kappa shape index (κ2) is 7.23. The average molecular weight is 307 g/mol. The molecule has 0 saturated carbocycles. The maximum Gasteiger partial charge on any atom is 0.294 e. The lowest BCUT2D eigenvalue weighted by molar-refractivity contribution is -0.127. The fourth-order valence-electron chi connectivity index (χ4n) is 3.14. The van der Waals surface area contributed by atoms with Crippen molar-refractivity contribution in [2.24, 2.45) is 5.92 Å². The number of piperidine rings is 1. The van der Waals surface area contributed by atoms with Gasteiger partial charge in [-0.25, -0.2) is 0 Å². The van der Waals surface area contributed by atoms with Crippen molar-refractivity contribution in [1.29, 1.82) is 0 Å². The molecule has 0 spiro atoms. The summed E-state index contributed by atoms with van der Waals surface area (Å²) in [5, 5.41) is 0. The summed E-state index contributed by atoms with van der Waals surface area (Å²) in [6.07, 6.45) is 2.97. The summed E-state index contributed by atoms with van der Waals surface area (Å²) in [6, 6.07) is 19.3. The molecule has 2 aromatic carbocycles. The van der Waals surface area contributed by atoms with Crippen molar-refractivity contribution in [3.8, 4) is 0 Å². The van der Waals surface area contributed by atoms with Crippen LogP contribution in [0.2, 0.25) is 0 Å². The van der Waals surface area contributed by atoms with Crippen LogP contribution in [0.1, 0.15) is 28.8 Å². The largest absolute Gasteiger partial charge is 0.336 e. The highest BCUT2D eigenvalue weighted by atomic mass is 16.2. The first-order valence-electron chi connectivity index (χ1n) is 8.16. The Morgan fingerprint density at radius 2 is 1.43 bits per heavy atom. The van der Waals surface area contributed by atoms with E-state index in [1.165, 1.54) is 5.56 Å². The molecule has 0 N–H and O–H groups in total. The first-order chi connectivity index (χ1) is 11.2. The Hall–Kier alpha value is -2.42. The highest BCUT2D eigenvalue weighted by Gasteiger charge is 2.27. The van der Waals surface area contributed by atoms with E-state index in [1.807, 2.05) is 12.1 Å². The van der Waals surface area contributed by atoms with Gasteiger partial charge >= 0.3 is 0 Å². The quantitative estimate of drug-likeness (QED) is 0.641. The minimum absolute atomic E-state index is 0.366. The van der Waals surface area contributed by atoms with Crippen molar-refractivity contribution in [3.05, 3.63) is 71.8 Å². The standard InChI is InChI=1S/C20H21NO2/c22-19(18-9-5-2-6-10-18)20(23)21-13-11-17(12-14-21)15-16-7-3-1-4-8-16/h1-10,17H,11-15H2. The third-order valence-corrected chi connectivity index (χ3v) is 4.50. The van der Waals surface area contributed by atoms with Crippen molar-refractivity contribution < 1.29 is 9.59 Å². The second-order valence-electron chi connectivity index (χ2n) is 6.12. The van der Waals surface area contributed by atoms with Crippen LogP contribution in [0, 0.1) is 5.92 Å². The van der Waals surface area contributed by atoms with Gasteiger partial charge in [-0.2, -0.15) is 0 Å². The smallest absolute Gasteiger partial charge is 0.294 e. The Balaban J connectivity index is 1.54. The fourth-order valence-corrected chi connectivity index (χ4v) is 3.14. The van der Waals surface area contributed by atoms with E-state index in [-0.39, 0.29) is 5.91 Å². The number of benzene rings is 2. The Morgan fingerprint density at radius 1 is 0.870 bits per heavy atom. The number of hydrogen-bond acceptors (Lipinski definition) is 2. The number of ketones is 1. The van der Waals surface area contributed by atoms with E-state index in [4.69, 9.17) is 0 Å². The molecule has 1 saturated heterocycles. The van der Waals surface area contributed by atoms with Crippen LogP contribution in [-0.2, 0) is 11.2 Å². The SMILES string of the molecule is O=C(C(=O)N1CCC(Cc2ccccc2)CC1)c1ccccc1. The van der Waals surface area contributed by atoms with Gasteiger partial charge in [0, 0.05) is 18.7 Å². The minimum atomic E-state index is -0.396. The van der Waals surface area contributed by atoms with Crippen molar-refractivity contribution >= 4 is 11.7 Å². The molecule has 1 amide bonds. The van der Waals surface area contributed by atoms with Crippen LogP contribution < -0.4 is 0 Å². The number of Topliss-reactive ketones (excluding diaryl/α,β-unsaturated/α-hetero) is 1. The van der Waals surface area contributed by atoms with Crippen molar-refractivity contribution in [2.75, 3.05) is 13.1 Å². The predicted octanol–water partition coefficient (Wildman–Crippen LogP) is 3.35. The van der Waals surface area contributed by atoms with Crippen LogP contribution in [0.3, 0.4) is 0 Å². The van der Waals surface area contributed by atoms with E-state index in [0.717, 1.165) is 19.3 Å². The van der Waals surface area contributed by atoms with Gasteiger partial charge in [0.25, 0.3) is 5.91 Å². The number of amides is 1. The number of rotatable bonds is 4. The molecule has 23 heavy (non-hydrogen) atoms. The summed E-state index contributed by atoms with van der Waals surface area (Å²) in [5.74, 6) is -0.172. The molecule has 1 aliphatic heterocycles. The number of hydrogen-bond donors (Lipinski definition) is 0. The molecule has 0 aliphatic carbocycles. The molecule has 1 aliphatic rings. The molecule has 3 rings (SSSR count). The average Bonchev–Trinajstić information content (AvgIpc) is 2.63. The van der Waals surface area contributed by atoms with E-state index in [9.17, 15) is 9.59 Å². The van der Waals surface area contributed by atoms with Gasteiger partial charge in [-0.1, -0.05) is 60.7 Å². The Morgan fingerprint density at radius 3 is 2.04 bits per heavy atom. The van der Waals surface area contributed by atoms with Gasteiger partial charge in [-0.3, -0.25) is 9.59 Å². The summed E-state index contributed by atoms with van der Waals surface area (Å²) in [4.78, 5) is 26.3. The summed E-state index contributed by atoms with van der Waals surface area (Å²) in [5.41, 5.74) is 1.82. The van der Waals surface area contributed by atoms with E-state index < -0.39 is 5.78 Å². The fraction of sp³-hybridized carbons (Fsp3) is 0.300. The van der Waals surface area contributed by atoms with Crippen LogP contribution in [0.5, 0.6) is 0 Å². The zero-order valence-electron chi connectivity index (χ0n) is 13.2. The minimum Gasteiger partial charge on any atom is -0.336 e. The van der Waals surface area contributed by atoms with Crippen LogP contribution >= 0.6 is 0 Å². The van der Waals surface area contributed by atoms with Crippen LogP contribution in [0.4, 0.5) is 0 Å². The Labute approximate surface area is 136 Å². The molecule has 0 radical (unpaired) electrons. The number of likely N-dealkylation sites (tertiary alicyclic amines) is 1.